The van der Waals surface area contributed by atoms with E-state index in [1.165, 1.54) is 0 Å². The maximum Gasteiger partial charge on any atom is 0.228 e. The zero-order valence-corrected chi connectivity index (χ0v) is 13.4. The fourth-order valence-electron chi connectivity index (χ4n) is 1.69. The number of pyridine rings is 1. The number of anilines is 2. The highest BCUT2D eigenvalue weighted by atomic mass is 35.5. The first-order chi connectivity index (χ1) is 10.1. The van der Waals surface area contributed by atoms with Crippen LogP contribution in [0.2, 0.25) is 10.0 Å². The Kier molecular flexibility index (Phi) is 5.64. The highest BCUT2D eigenvalue weighted by Crippen LogP contribution is 2.29. The summed E-state index contributed by atoms with van der Waals surface area (Å²) in [6, 6.07) is 1.67. The first kappa shape index (κ1) is 15.9. The minimum Gasteiger partial charge on any atom is -0.369 e. The maximum absolute atomic E-state index is 6.13. The Morgan fingerprint density at radius 2 is 1.76 bits per heavy atom. The van der Waals surface area contributed by atoms with Crippen LogP contribution >= 0.6 is 23.2 Å². The van der Waals surface area contributed by atoms with Gasteiger partial charge in [-0.25, -0.2) is 4.98 Å². The lowest BCUT2D eigenvalue weighted by atomic mass is 10.3. The molecule has 0 fully saturated rings. The van der Waals surface area contributed by atoms with Crippen LogP contribution in [0.3, 0.4) is 0 Å². The summed E-state index contributed by atoms with van der Waals surface area (Å²) in [5, 5.41) is 11.0. The van der Waals surface area contributed by atoms with E-state index < -0.39 is 0 Å². The Morgan fingerprint density at radius 1 is 1.10 bits per heavy atom. The molecule has 2 heterocycles. The molecule has 0 saturated carbocycles. The topological polar surface area (TPSA) is 75.9 Å². The van der Waals surface area contributed by atoms with E-state index in [-0.39, 0.29) is 0 Å². The van der Waals surface area contributed by atoms with E-state index in [2.05, 4.69) is 32.7 Å². The van der Waals surface area contributed by atoms with E-state index in [1.807, 2.05) is 0 Å². The van der Waals surface area contributed by atoms with Crippen molar-refractivity contribution < 1.29 is 4.52 Å². The third-order valence-electron chi connectivity index (χ3n) is 2.67. The van der Waals surface area contributed by atoms with Gasteiger partial charge in [-0.2, -0.15) is 4.98 Å². The average Bonchev–Trinajstić information content (AvgIpc) is 2.85. The number of nitrogens with zero attached hydrogens (tertiary/aromatic N) is 3. The van der Waals surface area contributed by atoms with Crippen molar-refractivity contribution >= 4 is 34.8 Å². The van der Waals surface area contributed by atoms with Crippen LogP contribution in [0.1, 0.15) is 25.1 Å². The fourth-order valence-corrected chi connectivity index (χ4v) is 2.18. The van der Waals surface area contributed by atoms with E-state index in [9.17, 15) is 0 Å². The van der Waals surface area contributed by atoms with Gasteiger partial charge in [-0.15, -0.1) is 0 Å². The molecule has 8 heteroatoms. The van der Waals surface area contributed by atoms with Gasteiger partial charge in [0.05, 0.1) is 10.0 Å². The summed E-state index contributed by atoms with van der Waals surface area (Å²) in [7, 11) is 0. The highest BCUT2D eigenvalue weighted by molar-refractivity contribution is 6.37. The standard InChI is InChI=1S/C13H17Cl2N5O/c1-3-5-16-12-9(14)7-10(15)13(19-12)17-6-4-11-18-8(2)20-21-11/h7H,3-6H2,1-2H3,(H2,16,17,19). The molecule has 0 unspecified atom stereocenters. The molecule has 0 aliphatic rings. The molecule has 0 radical (unpaired) electrons. The van der Waals surface area contributed by atoms with E-state index in [1.54, 1.807) is 13.0 Å². The summed E-state index contributed by atoms with van der Waals surface area (Å²) in [5.41, 5.74) is 0. The number of nitrogens with one attached hydrogen (secondary N) is 2. The molecule has 0 aliphatic heterocycles. The zero-order valence-electron chi connectivity index (χ0n) is 11.9. The molecule has 2 N–H and O–H groups in total. The summed E-state index contributed by atoms with van der Waals surface area (Å²) in [6.45, 7) is 5.24. The van der Waals surface area contributed by atoms with Gasteiger partial charge in [0.25, 0.3) is 0 Å². The molecule has 0 aliphatic carbocycles. The second kappa shape index (κ2) is 7.47. The number of aryl methyl sites for hydroxylation is 1. The largest absolute Gasteiger partial charge is 0.369 e. The first-order valence-electron chi connectivity index (χ1n) is 6.73. The summed E-state index contributed by atoms with van der Waals surface area (Å²) in [5.74, 6) is 2.41. The predicted molar refractivity (Wildman–Crippen MR) is 84.3 cm³/mol. The van der Waals surface area contributed by atoms with Crippen LogP contribution in [0.25, 0.3) is 0 Å². The zero-order chi connectivity index (χ0) is 15.2. The van der Waals surface area contributed by atoms with Crippen molar-refractivity contribution in [1.82, 2.24) is 15.1 Å². The molecule has 0 atom stereocenters. The predicted octanol–water partition coefficient (Wildman–Crippen LogP) is 3.56. The monoisotopic (exact) mass is 329 g/mol. The van der Waals surface area contributed by atoms with Gasteiger partial charge in [0, 0.05) is 19.5 Å². The van der Waals surface area contributed by atoms with Crippen molar-refractivity contribution in [1.29, 1.82) is 0 Å². The Morgan fingerprint density at radius 3 is 2.33 bits per heavy atom. The Balaban J connectivity index is 1.98. The van der Waals surface area contributed by atoms with Gasteiger partial charge in [-0.1, -0.05) is 35.3 Å². The van der Waals surface area contributed by atoms with Crippen molar-refractivity contribution in [2.24, 2.45) is 0 Å². The Hall–Kier alpha value is -1.53. The van der Waals surface area contributed by atoms with Crippen LogP contribution in [0.15, 0.2) is 10.6 Å². The lowest BCUT2D eigenvalue weighted by Crippen LogP contribution is -2.09. The molecular weight excluding hydrogens is 313 g/mol. The van der Waals surface area contributed by atoms with Gasteiger partial charge < -0.3 is 15.2 Å². The summed E-state index contributed by atoms with van der Waals surface area (Å²) < 4.78 is 5.04. The van der Waals surface area contributed by atoms with E-state index >= 15 is 0 Å². The third kappa shape index (κ3) is 4.47. The van der Waals surface area contributed by atoms with Crippen LogP contribution in [0.5, 0.6) is 0 Å². The third-order valence-corrected chi connectivity index (χ3v) is 3.25. The van der Waals surface area contributed by atoms with Crippen LogP contribution in [-0.2, 0) is 6.42 Å². The number of halogens is 2. The molecule has 0 aromatic carbocycles. The van der Waals surface area contributed by atoms with Crippen LogP contribution in [0, 0.1) is 6.92 Å². The molecule has 6 nitrogen and oxygen atoms in total. The average molecular weight is 330 g/mol. The van der Waals surface area contributed by atoms with Crippen molar-refractivity contribution in [3.63, 3.8) is 0 Å². The molecule has 0 saturated heterocycles. The smallest absolute Gasteiger partial charge is 0.228 e. The van der Waals surface area contributed by atoms with Crippen molar-refractivity contribution in [3.05, 3.63) is 27.8 Å². The van der Waals surface area contributed by atoms with E-state index in [4.69, 9.17) is 27.7 Å². The number of hydrogen-bond acceptors (Lipinski definition) is 6. The quantitative estimate of drug-likeness (QED) is 0.808. The Bertz CT molecular complexity index is 602. The second-order valence-corrected chi connectivity index (χ2v) is 5.30. The molecular formula is C13H17Cl2N5O. The van der Waals surface area contributed by atoms with Gasteiger partial charge >= 0.3 is 0 Å². The number of hydrogen-bond donors (Lipinski definition) is 2. The van der Waals surface area contributed by atoms with Crippen LogP contribution in [-0.4, -0.2) is 28.2 Å². The minimum absolute atomic E-state index is 0.476. The van der Waals surface area contributed by atoms with Crippen LogP contribution in [0.4, 0.5) is 11.6 Å². The molecule has 2 aromatic rings. The van der Waals surface area contributed by atoms with Gasteiger partial charge in [-0.3, -0.25) is 0 Å². The Labute approximate surface area is 133 Å². The molecule has 2 aromatic heterocycles. The maximum atomic E-state index is 6.13. The van der Waals surface area contributed by atoms with Gasteiger partial charge in [0.1, 0.15) is 11.6 Å². The van der Waals surface area contributed by atoms with Crippen LogP contribution < -0.4 is 10.6 Å². The second-order valence-electron chi connectivity index (χ2n) is 4.49. The van der Waals surface area contributed by atoms with E-state index in [0.29, 0.717) is 46.4 Å². The van der Waals surface area contributed by atoms with Crippen molar-refractivity contribution in [2.45, 2.75) is 26.7 Å². The minimum atomic E-state index is 0.476. The first-order valence-corrected chi connectivity index (χ1v) is 7.48. The molecule has 114 valence electrons. The molecule has 0 spiro atoms. The van der Waals surface area contributed by atoms with Gasteiger partial charge in [0.15, 0.2) is 5.82 Å². The number of aromatic nitrogens is 3. The molecule has 21 heavy (non-hydrogen) atoms. The van der Waals surface area contributed by atoms with Crippen molar-refractivity contribution in [2.75, 3.05) is 23.7 Å². The lowest BCUT2D eigenvalue weighted by molar-refractivity contribution is 0.377. The molecule has 0 amide bonds. The normalized spacial score (nSPS) is 10.7. The summed E-state index contributed by atoms with van der Waals surface area (Å²) in [6.07, 6.45) is 1.58. The lowest BCUT2D eigenvalue weighted by Gasteiger charge is -2.11. The highest BCUT2D eigenvalue weighted by Gasteiger charge is 2.09. The molecule has 0 bridgehead atoms. The van der Waals surface area contributed by atoms with Crippen molar-refractivity contribution in [3.8, 4) is 0 Å². The SMILES string of the molecule is CCCNc1nc(NCCc2nc(C)no2)c(Cl)cc1Cl. The number of rotatable bonds is 7. The summed E-state index contributed by atoms with van der Waals surface area (Å²) in [4.78, 5) is 8.52. The van der Waals surface area contributed by atoms with Gasteiger partial charge in [-0.05, 0) is 19.4 Å². The van der Waals surface area contributed by atoms with Gasteiger partial charge in [0.2, 0.25) is 5.89 Å². The summed E-state index contributed by atoms with van der Waals surface area (Å²) >= 11 is 12.2. The fraction of sp³-hybridized carbons (Fsp3) is 0.462. The molecule has 2 rings (SSSR count). The van der Waals surface area contributed by atoms with E-state index in [0.717, 1.165) is 13.0 Å².